The molecular formula is C10H14ClN5O2. The Hall–Kier alpha value is -1.63. The lowest BCUT2D eigenvalue weighted by Crippen LogP contribution is -2.22. The van der Waals surface area contributed by atoms with E-state index in [0.717, 1.165) is 25.9 Å². The number of hydrogen-bond acceptors (Lipinski definition) is 7. The van der Waals surface area contributed by atoms with Crippen LogP contribution in [0.3, 0.4) is 0 Å². The Bertz CT molecular complexity index is 436. The summed E-state index contributed by atoms with van der Waals surface area (Å²) in [6.07, 6.45) is 2.24. The van der Waals surface area contributed by atoms with Crippen molar-refractivity contribution in [1.82, 2.24) is 15.0 Å². The number of hydrogen-bond donors (Lipinski definition) is 1. The Morgan fingerprint density at radius 1 is 1.39 bits per heavy atom. The number of anilines is 2. The number of esters is 1. The maximum Gasteiger partial charge on any atom is 0.325 e. The lowest BCUT2D eigenvalue weighted by molar-refractivity contribution is -0.138. The van der Waals surface area contributed by atoms with E-state index < -0.39 is 5.97 Å². The predicted molar refractivity (Wildman–Crippen MR) is 66.8 cm³/mol. The Morgan fingerprint density at radius 2 is 2.11 bits per heavy atom. The first-order valence-corrected chi connectivity index (χ1v) is 6.04. The zero-order valence-electron chi connectivity index (χ0n) is 10.0. The number of nitrogens with zero attached hydrogens (tertiary/aromatic N) is 4. The molecule has 0 saturated carbocycles. The molecule has 1 aromatic rings. The molecular weight excluding hydrogens is 258 g/mol. The van der Waals surface area contributed by atoms with Gasteiger partial charge in [0.15, 0.2) is 0 Å². The number of carbonyl (C=O) groups is 1. The van der Waals surface area contributed by atoms with Crippen molar-refractivity contribution in [1.29, 1.82) is 0 Å². The largest absolute Gasteiger partial charge is 0.468 e. The molecule has 2 rings (SSSR count). The molecule has 0 radical (unpaired) electrons. The molecule has 8 heteroatoms. The second-order valence-corrected chi connectivity index (χ2v) is 4.19. The zero-order valence-corrected chi connectivity index (χ0v) is 10.8. The van der Waals surface area contributed by atoms with Crippen LogP contribution < -0.4 is 10.2 Å². The number of aromatic nitrogens is 3. The molecule has 0 bridgehead atoms. The highest BCUT2D eigenvalue weighted by atomic mass is 35.5. The van der Waals surface area contributed by atoms with Crippen molar-refractivity contribution in [2.45, 2.75) is 12.8 Å². The minimum atomic E-state index is -0.394. The van der Waals surface area contributed by atoms with E-state index in [2.05, 4.69) is 25.0 Å². The minimum absolute atomic E-state index is 0.00369. The van der Waals surface area contributed by atoms with Crippen molar-refractivity contribution in [3.05, 3.63) is 5.28 Å². The van der Waals surface area contributed by atoms with E-state index in [9.17, 15) is 4.79 Å². The van der Waals surface area contributed by atoms with Gasteiger partial charge in [0, 0.05) is 13.1 Å². The molecule has 7 nitrogen and oxygen atoms in total. The standard InChI is InChI=1S/C10H14ClN5O2/c1-18-7(17)6-12-9-13-8(11)14-10(15-9)16-4-2-3-5-16/h2-6H2,1H3,(H,12,13,14,15). The fourth-order valence-electron chi connectivity index (χ4n) is 1.70. The van der Waals surface area contributed by atoms with Crippen LogP contribution in [0.5, 0.6) is 0 Å². The molecule has 1 aliphatic rings. The van der Waals surface area contributed by atoms with Gasteiger partial charge in [0.25, 0.3) is 0 Å². The first-order chi connectivity index (χ1) is 8.69. The van der Waals surface area contributed by atoms with Crippen LogP contribution in [0, 0.1) is 0 Å². The first-order valence-electron chi connectivity index (χ1n) is 5.66. The lowest BCUT2D eigenvalue weighted by Gasteiger charge is -2.15. The number of ether oxygens (including phenoxy) is 1. The minimum Gasteiger partial charge on any atom is -0.468 e. The van der Waals surface area contributed by atoms with Crippen molar-refractivity contribution in [2.24, 2.45) is 0 Å². The van der Waals surface area contributed by atoms with Crippen molar-refractivity contribution in [3.8, 4) is 0 Å². The van der Waals surface area contributed by atoms with Crippen LogP contribution in [0.2, 0.25) is 5.28 Å². The zero-order chi connectivity index (χ0) is 13.0. The van der Waals surface area contributed by atoms with E-state index in [1.807, 2.05) is 4.90 Å². The maximum atomic E-state index is 11.0. The Morgan fingerprint density at radius 3 is 2.78 bits per heavy atom. The van der Waals surface area contributed by atoms with Gasteiger partial charge < -0.3 is 15.0 Å². The fourth-order valence-corrected chi connectivity index (χ4v) is 1.86. The SMILES string of the molecule is COC(=O)CNc1nc(Cl)nc(N2CCCC2)n1. The Balaban J connectivity index is 2.08. The van der Waals surface area contributed by atoms with Crippen molar-refractivity contribution >= 4 is 29.5 Å². The van der Waals surface area contributed by atoms with E-state index in [1.165, 1.54) is 7.11 Å². The van der Waals surface area contributed by atoms with Gasteiger partial charge in [0.05, 0.1) is 7.11 Å². The highest BCUT2D eigenvalue weighted by Crippen LogP contribution is 2.18. The maximum absolute atomic E-state index is 11.0. The Kier molecular flexibility index (Phi) is 4.14. The number of rotatable bonds is 4. The first kappa shape index (κ1) is 12.8. The normalized spacial score (nSPS) is 14.7. The molecule has 1 saturated heterocycles. The van der Waals surface area contributed by atoms with Gasteiger partial charge in [0.1, 0.15) is 6.54 Å². The summed E-state index contributed by atoms with van der Waals surface area (Å²) in [5.74, 6) is 0.427. The van der Waals surface area contributed by atoms with Gasteiger partial charge in [-0.1, -0.05) is 0 Å². The number of nitrogens with one attached hydrogen (secondary N) is 1. The van der Waals surface area contributed by atoms with Crippen molar-refractivity contribution in [3.63, 3.8) is 0 Å². The second-order valence-electron chi connectivity index (χ2n) is 3.85. The van der Waals surface area contributed by atoms with Crippen molar-refractivity contribution < 1.29 is 9.53 Å². The number of carbonyl (C=O) groups excluding carboxylic acids is 1. The van der Waals surface area contributed by atoms with E-state index in [-0.39, 0.29) is 17.8 Å². The molecule has 0 aromatic carbocycles. The molecule has 2 heterocycles. The molecule has 0 unspecified atom stereocenters. The Labute approximate surface area is 110 Å². The average molecular weight is 272 g/mol. The predicted octanol–water partition coefficient (Wildman–Crippen LogP) is 0.710. The summed E-state index contributed by atoms with van der Waals surface area (Å²) in [6, 6.07) is 0. The van der Waals surface area contributed by atoms with Gasteiger partial charge in [0.2, 0.25) is 17.2 Å². The molecule has 1 aromatic heterocycles. The highest BCUT2D eigenvalue weighted by Gasteiger charge is 2.17. The summed E-state index contributed by atoms with van der Waals surface area (Å²) in [5, 5.41) is 2.86. The quantitative estimate of drug-likeness (QED) is 0.808. The smallest absolute Gasteiger partial charge is 0.325 e. The van der Waals surface area contributed by atoms with Crippen LogP contribution in [0.15, 0.2) is 0 Å². The number of halogens is 1. The molecule has 1 N–H and O–H groups in total. The van der Waals surface area contributed by atoms with Gasteiger partial charge in [-0.05, 0) is 24.4 Å². The van der Waals surface area contributed by atoms with E-state index in [4.69, 9.17) is 11.6 Å². The lowest BCUT2D eigenvalue weighted by atomic mass is 10.4. The summed E-state index contributed by atoms with van der Waals surface area (Å²) in [5.41, 5.74) is 0. The number of methoxy groups -OCH3 is 1. The summed E-state index contributed by atoms with van der Waals surface area (Å²) in [6.45, 7) is 1.82. The van der Waals surface area contributed by atoms with E-state index >= 15 is 0 Å². The molecule has 0 amide bonds. The third-order valence-electron chi connectivity index (χ3n) is 2.60. The van der Waals surface area contributed by atoms with Crippen LogP contribution in [-0.4, -0.2) is 47.7 Å². The molecule has 18 heavy (non-hydrogen) atoms. The van der Waals surface area contributed by atoms with Gasteiger partial charge in [-0.3, -0.25) is 4.79 Å². The molecule has 0 atom stereocenters. The second kappa shape index (κ2) is 5.81. The van der Waals surface area contributed by atoms with Gasteiger partial charge >= 0.3 is 5.97 Å². The molecule has 98 valence electrons. The third kappa shape index (κ3) is 3.19. The van der Waals surface area contributed by atoms with Crippen LogP contribution in [-0.2, 0) is 9.53 Å². The average Bonchev–Trinajstić information content (AvgIpc) is 2.89. The summed E-state index contributed by atoms with van der Waals surface area (Å²) >= 11 is 5.83. The van der Waals surface area contributed by atoms with Crippen LogP contribution in [0.1, 0.15) is 12.8 Å². The summed E-state index contributed by atoms with van der Waals surface area (Å²) in [4.78, 5) is 25.3. The van der Waals surface area contributed by atoms with E-state index in [0.29, 0.717) is 5.95 Å². The monoisotopic (exact) mass is 271 g/mol. The third-order valence-corrected chi connectivity index (χ3v) is 2.77. The summed E-state index contributed by atoms with van der Waals surface area (Å²) < 4.78 is 4.52. The molecule has 0 aliphatic carbocycles. The van der Waals surface area contributed by atoms with Crippen molar-refractivity contribution in [2.75, 3.05) is 37.0 Å². The van der Waals surface area contributed by atoms with Gasteiger partial charge in [-0.2, -0.15) is 15.0 Å². The fraction of sp³-hybridized carbons (Fsp3) is 0.600. The summed E-state index contributed by atoms with van der Waals surface area (Å²) in [7, 11) is 1.32. The van der Waals surface area contributed by atoms with Gasteiger partial charge in [-0.25, -0.2) is 0 Å². The molecule has 1 fully saturated rings. The van der Waals surface area contributed by atoms with Crippen LogP contribution in [0.25, 0.3) is 0 Å². The van der Waals surface area contributed by atoms with E-state index in [1.54, 1.807) is 0 Å². The van der Waals surface area contributed by atoms with Crippen LogP contribution >= 0.6 is 11.6 Å². The topological polar surface area (TPSA) is 80.2 Å². The van der Waals surface area contributed by atoms with Gasteiger partial charge in [-0.15, -0.1) is 0 Å². The molecule has 0 spiro atoms. The van der Waals surface area contributed by atoms with Crippen LogP contribution in [0.4, 0.5) is 11.9 Å². The highest BCUT2D eigenvalue weighted by molar-refractivity contribution is 6.28. The molecule has 1 aliphatic heterocycles.